The molecule has 2 heterocycles. The smallest absolute Gasteiger partial charge is 0.264 e. The Labute approximate surface area is 160 Å². The predicted molar refractivity (Wildman–Crippen MR) is 104 cm³/mol. The van der Waals surface area contributed by atoms with Crippen molar-refractivity contribution < 1.29 is 19.0 Å². The molecule has 3 aromatic rings. The number of anilines is 1. The third-order valence-electron chi connectivity index (χ3n) is 4.16. The zero-order chi connectivity index (χ0) is 18.6. The van der Waals surface area contributed by atoms with Gasteiger partial charge in [-0.15, -0.1) is 11.3 Å². The lowest BCUT2D eigenvalue weighted by Gasteiger charge is -2.09. The standard InChI is InChI=1S/C20H18N2O4S/c1-24-17-4-2-3-5-18(17)26-11-19(23)22-20-21-15(12-27-20)13-6-7-16-14(10-13)8-9-25-16/h2-7,10,12H,8-9,11H2,1H3,(H,21,22,23). The van der Waals surface area contributed by atoms with Crippen LogP contribution in [0.5, 0.6) is 17.2 Å². The highest BCUT2D eigenvalue weighted by Crippen LogP contribution is 2.32. The van der Waals surface area contributed by atoms with Crippen LogP contribution in [0.1, 0.15) is 5.56 Å². The SMILES string of the molecule is COc1ccccc1OCC(=O)Nc1nc(-c2ccc3c(c2)CCO3)cs1. The zero-order valence-corrected chi connectivity index (χ0v) is 15.5. The molecule has 1 aromatic heterocycles. The Morgan fingerprint density at radius 3 is 2.96 bits per heavy atom. The van der Waals surface area contributed by atoms with Gasteiger partial charge in [-0.25, -0.2) is 4.98 Å². The zero-order valence-electron chi connectivity index (χ0n) is 14.7. The van der Waals surface area contributed by atoms with Crippen LogP contribution in [0.4, 0.5) is 5.13 Å². The Morgan fingerprint density at radius 1 is 1.26 bits per heavy atom. The number of carbonyl (C=O) groups excluding carboxylic acids is 1. The molecule has 0 aliphatic carbocycles. The molecule has 6 nitrogen and oxygen atoms in total. The summed E-state index contributed by atoms with van der Waals surface area (Å²) in [7, 11) is 1.56. The molecule has 1 amide bonds. The van der Waals surface area contributed by atoms with Gasteiger partial charge in [0.1, 0.15) is 5.75 Å². The van der Waals surface area contributed by atoms with Gasteiger partial charge in [0, 0.05) is 17.4 Å². The molecule has 1 aliphatic heterocycles. The number of amides is 1. The Hall–Kier alpha value is -3.06. The minimum absolute atomic E-state index is 0.120. The van der Waals surface area contributed by atoms with Crippen LogP contribution in [-0.2, 0) is 11.2 Å². The second-order valence-corrected chi connectivity index (χ2v) is 6.80. The van der Waals surface area contributed by atoms with E-state index in [2.05, 4.69) is 16.4 Å². The molecule has 4 rings (SSSR count). The third-order valence-corrected chi connectivity index (χ3v) is 4.92. The quantitative estimate of drug-likeness (QED) is 0.703. The summed E-state index contributed by atoms with van der Waals surface area (Å²) in [6.07, 6.45) is 0.914. The number of hydrogen-bond acceptors (Lipinski definition) is 6. The van der Waals surface area contributed by atoms with Crippen molar-refractivity contribution in [3.8, 4) is 28.5 Å². The number of aromatic nitrogens is 1. The second-order valence-electron chi connectivity index (χ2n) is 5.95. The van der Waals surface area contributed by atoms with Crippen molar-refractivity contribution in [1.29, 1.82) is 0 Å². The van der Waals surface area contributed by atoms with Crippen LogP contribution < -0.4 is 19.5 Å². The molecule has 1 N–H and O–H groups in total. The first-order valence-corrected chi connectivity index (χ1v) is 9.38. The highest BCUT2D eigenvalue weighted by Gasteiger charge is 2.15. The van der Waals surface area contributed by atoms with Crippen molar-refractivity contribution in [2.75, 3.05) is 25.6 Å². The van der Waals surface area contributed by atoms with E-state index in [0.717, 1.165) is 30.0 Å². The third kappa shape index (κ3) is 3.88. The van der Waals surface area contributed by atoms with Crippen LogP contribution in [0, 0.1) is 0 Å². The van der Waals surface area contributed by atoms with Crippen molar-refractivity contribution in [2.24, 2.45) is 0 Å². The number of thiazole rings is 1. The highest BCUT2D eigenvalue weighted by atomic mass is 32.1. The van der Waals surface area contributed by atoms with Crippen LogP contribution in [0.25, 0.3) is 11.3 Å². The molecule has 7 heteroatoms. The van der Waals surface area contributed by atoms with Crippen molar-refractivity contribution in [2.45, 2.75) is 6.42 Å². The Balaban J connectivity index is 1.38. The van der Waals surface area contributed by atoms with Gasteiger partial charge in [0.25, 0.3) is 5.91 Å². The fourth-order valence-electron chi connectivity index (χ4n) is 2.85. The topological polar surface area (TPSA) is 69.7 Å². The van der Waals surface area contributed by atoms with Crippen molar-refractivity contribution >= 4 is 22.4 Å². The summed E-state index contributed by atoms with van der Waals surface area (Å²) in [5.41, 5.74) is 3.04. The fraction of sp³-hybridized carbons (Fsp3) is 0.200. The van der Waals surface area contributed by atoms with Crippen LogP contribution in [0.2, 0.25) is 0 Å². The maximum atomic E-state index is 12.2. The van der Waals surface area contributed by atoms with Crippen LogP contribution >= 0.6 is 11.3 Å². The maximum Gasteiger partial charge on any atom is 0.264 e. The summed E-state index contributed by atoms with van der Waals surface area (Å²) in [6.45, 7) is 0.606. The number of hydrogen-bond donors (Lipinski definition) is 1. The van der Waals surface area contributed by atoms with Gasteiger partial charge in [-0.05, 0) is 35.9 Å². The number of para-hydroxylation sites is 2. The lowest BCUT2D eigenvalue weighted by Crippen LogP contribution is -2.20. The number of ether oxygens (including phenoxy) is 3. The average molecular weight is 382 g/mol. The molecule has 0 bridgehead atoms. The van der Waals surface area contributed by atoms with E-state index < -0.39 is 0 Å². The molecular formula is C20H18N2O4S. The van der Waals surface area contributed by atoms with Crippen molar-refractivity contribution in [3.05, 3.63) is 53.4 Å². The fourth-order valence-corrected chi connectivity index (χ4v) is 3.58. The van der Waals surface area contributed by atoms with Crippen LogP contribution in [0.15, 0.2) is 47.8 Å². The van der Waals surface area contributed by atoms with Gasteiger partial charge >= 0.3 is 0 Å². The average Bonchev–Trinajstić information content (AvgIpc) is 3.35. The van der Waals surface area contributed by atoms with E-state index in [1.54, 1.807) is 19.2 Å². The maximum absolute atomic E-state index is 12.2. The monoisotopic (exact) mass is 382 g/mol. The van der Waals surface area contributed by atoms with Gasteiger partial charge in [-0.2, -0.15) is 0 Å². The summed E-state index contributed by atoms with van der Waals surface area (Å²) < 4.78 is 16.3. The molecule has 0 unspecified atom stereocenters. The first-order valence-electron chi connectivity index (χ1n) is 8.50. The van der Waals surface area contributed by atoms with E-state index in [4.69, 9.17) is 14.2 Å². The Kier molecular flexibility index (Phi) is 4.93. The summed E-state index contributed by atoms with van der Waals surface area (Å²) >= 11 is 1.38. The summed E-state index contributed by atoms with van der Waals surface area (Å²) in [5, 5.41) is 5.23. The first-order chi connectivity index (χ1) is 13.2. The molecule has 0 fully saturated rings. The van der Waals surface area contributed by atoms with Gasteiger partial charge in [0.15, 0.2) is 23.2 Å². The predicted octanol–water partition coefficient (Wildman–Crippen LogP) is 3.77. The Morgan fingerprint density at radius 2 is 2.11 bits per heavy atom. The number of nitrogens with zero attached hydrogens (tertiary/aromatic N) is 1. The normalized spacial score (nSPS) is 12.2. The van der Waals surface area contributed by atoms with Crippen molar-refractivity contribution in [1.82, 2.24) is 4.98 Å². The molecule has 0 saturated heterocycles. The molecular weight excluding hydrogens is 364 g/mol. The summed E-state index contributed by atoms with van der Waals surface area (Å²) in [6, 6.07) is 13.2. The molecule has 0 spiro atoms. The van der Waals surface area contributed by atoms with Gasteiger partial charge in [-0.1, -0.05) is 12.1 Å². The molecule has 0 atom stereocenters. The van der Waals surface area contributed by atoms with Crippen LogP contribution in [-0.4, -0.2) is 31.2 Å². The van der Waals surface area contributed by atoms with E-state index in [9.17, 15) is 4.79 Å². The van der Waals surface area contributed by atoms with Crippen LogP contribution in [0.3, 0.4) is 0 Å². The number of rotatable bonds is 6. The summed E-state index contributed by atoms with van der Waals surface area (Å²) in [4.78, 5) is 16.7. The number of benzene rings is 2. The number of methoxy groups -OCH3 is 1. The molecule has 0 saturated carbocycles. The van der Waals surface area contributed by atoms with E-state index in [1.807, 2.05) is 29.6 Å². The lowest BCUT2D eigenvalue weighted by molar-refractivity contribution is -0.118. The largest absolute Gasteiger partial charge is 0.493 e. The van der Waals surface area contributed by atoms with Gasteiger partial charge in [0.05, 0.1) is 19.4 Å². The van der Waals surface area contributed by atoms with Gasteiger partial charge in [-0.3, -0.25) is 10.1 Å². The molecule has 1 aliphatic rings. The first kappa shape index (κ1) is 17.4. The highest BCUT2D eigenvalue weighted by molar-refractivity contribution is 7.14. The lowest BCUT2D eigenvalue weighted by atomic mass is 10.1. The van der Waals surface area contributed by atoms with E-state index in [1.165, 1.54) is 16.9 Å². The molecule has 0 radical (unpaired) electrons. The van der Waals surface area contributed by atoms with Gasteiger partial charge < -0.3 is 14.2 Å². The molecule has 2 aromatic carbocycles. The Bertz CT molecular complexity index is 970. The van der Waals surface area contributed by atoms with Crippen molar-refractivity contribution in [3.63, 3.8) is 0 Å². The number of carbonyl (C=O) groups is 1. The van der Waals surface area contributed by atoms with E-state index in [0.29, 0.717) is 16.6 Å². The second kappa shape index (κ2) is 7.67. The molecule has 138 valence electrons. The van der Waals surface area contributed by atoms with Gasteiger partial charge in [0.2, 0.25) is 0 Å². The van der Waals surface area contributed by atoms with E-state index >= 15 is 0 Å². The molecule has 27 heavy (non-hydrogen) atoms. The number of fused-ring (bicyclic) bond motifs is 1. The number of nitrogens with one attached hydrogen (secondary N) is 1. The minimum Gasteiger partial charge on any atom is -0.493 e. The summed E-state index contributed by atoms with van der Waals surface area (Å²) in [5.74, 6) is 1.78. The van der Waals surface area contributed by atoms with E-state index in [-0.39, 0.29) is 12.5 Å². The minimum atomic E-state index is -0.274.